The number of carbonyl (C=O) groups is 1. The van der Waals surface area contributed by atoms with Crippen LogP contribution in [0.4, 0.5) is 0 Å². The minimum Gasteiger partial charge on any atom is -0.492 e. The van der Waals surface area contributed by atoms with E-state index in [9.17, 15) is 9.90 Å². The fraction of sp³-hybridized carbons (Fsp3) is 0.250. The van der Waals surface area contributed by atoms with Gasteiger partial charge >= 0.3 is 5.97 Å². The Kier molecular flexibility index (Phi) is 6.13. The fourth-order valence-electron chi connectivity index (χ4n) is 2.65. The summed E-state index contributed by atoms with van der Waals surface area (Å²) in [4.78, 5) is 11.2. The molecule has 3 aromatic rings. The maximum Gasteiger partial charge on any atom is 0.339 e. The van der Waals surface area contributed by atoms with E-state index in [1.807, 2.05) is 12.1 Å². The van der Waals surface area contributed by atoms with Crippen LogP contribution < -0.4 is 4.74 Å². The van der Waals surface area contributed by atoms with E-state index in [1.54, 1.807) is 30.0 Å². The molecule has 2 aromatic carbocycles. The van der Waals surface area contributed by atoms with Crippen LogP contribution in [0.2, 0.25) is 0 Å². The first-order valence-corrected chi connectivity index (χ1v) is 9.67. The van der Waals surface area contributed by atoms with Crippen molar-refractivity contribution in [2.45, 2.75) is 25.5 Å². The predicted molar refractivity (Wildman–Crippen MR) is 105 cm³/mol. The Morgan fingerprint density at radius 1 is 1.15 bits per heavy atom. The number of benzene rings is 2. The number of hydrogen-bond acceptors (Lipinski definition) is 5. The normalized spacial score (nSPS) is 10.7. The van der Waals surface area contributed by atoms with Crippen LogP contribution in [0.1, 0.15) is 22.8 Å². The lowest BCUT2D eigenvalue weighted by Crippen LogP contribution is -2.07. The lowest BCUT2D eigenvalue weighted by Gasteiger charge is -2.09. The van der Waals surface area contributed by atoms with Crippen molar-refractivity contribution in [3.63, 3.8) is 0 Å². The van der Waals surface area contributed by atoms with Crippen LogP contribution in [0.3, 0.4) is 0 Å². The van der Waals surface area contributed by atoms with E-state index in [0.29, 0.717) is 18.1 Å². The first kappa shape index (κ1) is 19.0. The number of aromatic carboxylic acids is 1. The number of hydrogen-bond donors (Lipinski definition) is 1. The molecule has 3 rings (SSSR count). The van der Waals surface area contributed by atoms with Crippen LogP contribution in [0, 0.1) is 6.92 Å². The molecule has 140 valence electrons. The van der Waals surface area contributed by atoms with Crippen molar-refractivity contribution >= 4 is 17.7 Å². The van der Waals surface area contributed by atoms with Gasteiger partial charge in [-0.1, -0.05) is 53.7 Å². The van der Waals surface area contributed by atoms with E-state index in [0.717, 1.165) is 23.1 Å². The highest BCUT2D eigenvalue weighted by atomic mass is 32.2. The van der Waals surface area contributed by atoms with E-state index < -0.39 is 5.97 Å². The van der Waals surface area contributed by atoms with Crippen molar-refractivity contribution in [2.75, 3.05) is 12.4 Å². The quantitative estimate of drug-likeness (QED) is 0.465. The average molecular weight is 383 g/mol. The van der Waals surface area contributed by atoms with Crippen LogP contribution in [-0.4, -0.2) is 38.2 Å². The molecule has 7 heteroatoms. The third-order valence-corrected chi connectivity index (χ3v) is 4.96. The molecule has 0 aliphatic carbocycles. The molecule has 0 fully saturated rings. The third-order valence-electron chi connectivity index (χ3n) is 4.03. The molecule has 0 unspecified atom stereocenters. The predicted octanol–water partition coefficient (Wildman–Crippen LogP) is 4.14. The number of carboxylic acids is 1. The Morgan fingerprint density at radius 3 is 2.59 bits per heavy atom. The second-order valence-corrected chi connectivity index (χ2v) is 6.98. The molecule has 0 saturated carbocycles. The number of aromatic nitrogens is 3. The molecule has 27 heavy (non-hydrogen) atoms. The minimum atomic E-state index is -0.994. The molecule has 0 aliphatic rings. The Bertz CT molecular complexity index is 922. The van der Waals surface area contributed by atoms with Gasteiger partial charge in [-0.05, 0) is 26.0 Å². The molecule has 1 heterocycles. The zero-order chi connectivity index (χ0) is 19.2. The zero-order valence-corrected chi connectivity index (χ0v) is 16.1. The molecular formula is C20H21N3O3S. The van der Waals surface area contributed by atoms with E-state index in [4.69, 9.17) is 4.74 Å². The van der Waals surface area contributed by atoms with Crippen LogP contribution >= 0.6 is 11.8 Å². The molecule has 6 nitrogen and oxygen atoms in total. The van der Waals surface area contributed by atoms with Gasteiger partial charge in [0.1, 0.15) is 11.3 Å². The van der Waals surface area contributed by atoms with Gasteiger partial charge in [0.05, 0.1) is 6.61 Å². The second-order valence-electron chi connectivity index (χ2n) is 5.91. The van der Waals surface area contributed by atoms with Gasteiger partial charge < -0.3 is 14.4 Å². The second kappa shape index (κ2) is 8.73. The van der Waals surface area contributed by atoms with Crippen molar-refractivity contribution in [3.8, 4) is 17.1 Å². The highest BCUT2D eigenvalue weighted by molar-refractivity contribution is 7.99. The molecule has 0 radical (unpaired) electrons. The van der Waals surface area contributed by atoms with Crippen LogP contribution in [0.15, 0.2) is 53.7 Å². The summed E-state index contributed by atoms with van der Waals surface area (Å²) in [6, 6.07) is 14.9. The van der Waals surface area contributed by atoms with E-state index in [2.05, 4.69) is 40.7 Å². The molecule has 1 N–H and O–H groups in total. The SMILES string of the molecule is CCn1c(SCCOc2ccccc2C(=O)O)nnc1-c1ccc(C)cc1. The largest absolute Gasteiger partial charge is 0.492 e. The van der Waals surface area contributed by atoms with Gasteiger partial charge in [0.2, 0.25) is 0 Å². The number of para-hydroxylation sites is 1. The average Bonchev–Trinajstić information content (AvgIpc) is 3.09. The van der Waals surface area contributed by atoms with Gasteiger partial charge in [0.15, 0.2) is 11.0 Å². The Morgan fingerprint density at radius 2 is 1.89 bits per heavy atom. The molecule has 1 aromatic heterocycles. The summed E-state index contributed by atoms with van der Waals surface area (Å²) in [6.45, 7) is 5.26. The fourth-order valence-corrected chi connectivity index (χ4v) is 3.47. The smallest absolute Gasteiger partial charge is 0.339 e. The highest BCUT2D eigenvalue weighted by Crippen LogP contribution is 2.25. The zero-order valence-electron chi connectivity index (χ0n) is 15.3. The Hall–Kier alpha value is -2.80. The molecule has 0 saturated heterocycles. The number of ether oxygens (including phenoxy) is 1. The first-order chi connectivity index (χ1) is 13.1. The number of aryl methyl sites for hydroxylation is 1. The maximum atomic E-state index is 11.2. The summed E-state index contributed by atoms with van der Waals surface area (Å²) in [6.07, 6.45) is 0. The van der Waals surface area contributed by atoms with Crippen molar-refractivity contribution in [3.05, 3.63) is 59.7 Å². The van der Waals surface area contributed by atoms with Crippen molar-refractivity contribution in [2.24, 2.45) is 0 Å². The van der Waals surface area contributed by atoms with Crippen molar-refractivity contribution in [1.82, 2.24) is 14.8 Å². The lowest BCUT2D eigenvalue weighted by molar-refractivity contribution is 0.0692. The minimum absolute atomic E-state index is 0.167. The maximum absolute atomic E-state index is 11.2. The standard InChI is InChI=1S/C20H21N3O3S/c1-3-23-18(15-10-8-14(2)9-11-15)21-22-20(23)27-13-12-26-17-7-5-4-6-16(17)19(24)25/h4-11H,3,12-13H2,1-2H3,(H,24,25). The van der Waals surface area contributed by atoms with Gasteiger partial charge in [-0.3, -0.25) is 0 Å². The topological polar surface area (TPSA) is 77.2 Å². The Balaban J connectivity index is 1.64. The van der Waals surface area contributed by atoms with Crippen molar-refractivity contribution in [1.29, 1.82) is 0 Å². The number of carboxylic acid groups (broad SMARTS) is 1. The van der Waals surface area contributed by atoms with Crippen LogP contribution in [-0.2, 0) is 6.54 Å². The van der Waals surface area contributed by atoms with Crippen molar-refractivity contribution < 1.29 is 14.6 Å². The van der Waals surface area contributed by atoms with Gasteiger partial charge in [-0.15, -0.1) is 10.2 Å². The number of thioether (sulfide) groups is 1. The molecular weight excluding hydrogens is 362 g/mol. The number of nitrogens with zero attached hydrogens (tertiary/aromatic N) is 3. The molecule has 0 atom stereocenters. The summed E-state index contributed by atoms with van der Waals surface area (Å²) in [5.74, 6) is 0.867. The summed E-state index contributed by atoms with van der Waals surface area (Å²) >= 11 is 1.54. The first-order valence-electron chi connectivity index (χ1n) is 8.68. The molecule has 0 aliphatic heterocycles. The Labute approximate surface area is 162 Å². The monoisotopic (exact) mass is 383 g/mol. The van der Waals surface area contributed by atoms with Gasteiger partial charge in [0, 0.05) is 17.9 Å². The summed E-state index contributed by atoms with van der Waals surface area (Å²) in [7, 11) is 0. The van der Waals surface area contributed by atoms with Gasteiger partial charge in [-0.25, -0.2) is 4.79 Å². The van der Waals surface area contributed by atoms with Gasteiger partial charge in [-0.2, -0.15) is 0 Å². The van der Waals surface area contributed by atoms with E-state index in [-0.39, 0.29) is 5.56 Å². The molecule has 0 amide bonds. The molecule has 0 bridgehead atoms. The summed E-state index contributed by atoms with van der Waals surface area (Å²) < 4.78 is 7.71. The molecule has 0 spiro atoms. The highest BCUT2D eigenvalue weighted by Gasteiger charge is 2.14. The lowest BCUT2D eigenvalue weighted by atomic mass is 10.1. The van der Waals surface area contributed by atoms with Crippen LogP contribution in [0.25, 0.3) is 11.4 Å². The van der Waals surface area contributed by atoms with Crippen LogP contribution in [0.5, 0.6) is 5.75 Å². The summed E-state index contributed by atoms with van der Waals surface area (Å²) in [5.41, 5.74) is 2.41. The number of rotatable bonds is 8. The third kappa shape index (κ3) is 4.49. The van der Waals surface area contributed by atoms with E-state index in [1.165, 1.54) is 11.6 Å². The summed E-state index contributed by atoms with van der Waals surface area (Å²) in [5, 5.41) is 18.6. The van der Waals surface area contributed by atoms with Gasteiger partial charge in [0.25, 0.3) is 0 Å². The van der Waals surface area contributed by atoms with E-state index >= 15 is 0 Å².